The lowest BCUT2D eigenvalue weighted by molar-refractivity contribution is 0.0694. The van der Waals surface area contributed by atoms with Crippen molar-refractivity contribution in [3.63, 3.8) is 0 Å². The van der Waals surface area contributed by atoms with E-state index in [0.29, 0.717) is 11.4 Å². The molecule has 0 aliphatic rings. The van der Waals surface area contributed by atoms with Crippen molar-refractivity contribution >= 4 is 22.4 Å². The summed E-state index contributed by atoms with van der Waals surface area (Å²) in [5.74, 6) is -0.217. The third-order valence-corrected chi connectivity index (χ3v) is 3.21. The number of hydrogen-bond donors (Lipinski definition) is 2. The molecule has 0 spiro atoms. The van der Waals surface area contributed by atoms with E-state index in [0.717, 1.165) is 10.8 Å². The van der Waals surface area contributed by atoms with E-state index in [1.807, 2.05) is 36.4 Å². The average molecular weight is 279 g/mol. The maximum Gasteiger partial charge on any atom is 0.339 e. The molecule has 21 heavy (non-hydrogen) atoms. The largest absolute Gasteiger partial charge is 0.478 e. The van der Waals surface area contributed by atoms with Crippen molar-refractivity contribution in [2.24, 2.45) is 0 Å². The standard InChI is InChI=1S/C17H13NO3/c18-12-8-9-14(17(19)20)16(10-12)21-15-7-3-5-11-4-1-2-6-13(11)15/h1-10H,18H2,(H,19,20). The summed E-state index contributed by atoms with van der Waals surface area (Å²) in [5.41, 5.74) is 6.26. The quantitative estimate of drug-likeness (QED) is 0.713. The van der Waals surface area contributed by atoms with Crippen molar-refractivity contribution < 1.29 is 14.6 Å². The monoisotopic (exact) mass is 279 g/mol. The van der Waals surface area contributed by atoms with Gasteiger partial charge in [0.25, 0.3) is 0 Å². The van der Waals surface area contributed by atoms with Crippen LogP contribution >= 0.6 is 0 Å². The highest BCUT2D eigenvalue weighted by molar-refractivity contribution is 5.92. The first-order chi connectivity index (χ1) is 10.1. The van der Waals surface area contributed by atoms with Gasteiger partial charge in [-0.3, -0.25) is 0 Å². The molecular formula is C17H13NO3. The molecule has 0 amide bonds. The van der Waals surface area contributed by atoms with Crippen LogP contribution in [0.5, 0.6) is 11.5 Å². The Bertz CT molecular complexity index is 822. The summed E-state index contributed by atoms with van der Waals surface area (Å²) in [6.07, 6.45) is 0. The van der Waals surface area contributed by atoms with E-state index in [1.165, 1.54) is 12.1 Å². The lowest BCUT2D eigenvalue weighted by Crippen LogP contribution is -2.01. The fourth-order valence-corrected chi connectivity index (χ4v) is 2.20. The Balaban J connectivity index is 2.11. The van der Waals surface area contributed by atoms with Gasteiger partial charge in [0.2, 0.25) is 0 Å². The van der Waals surface area contributed by atoms with Gasteiger partial charge < -0.3 is 15.6 Å². The second kappa shape index (κ2) is 5.17. The predicted octanol–water partition coefficient (Wildman–Crippen LogP) is 3.91. The van der Waals surface area contributed by atoms with Gasteiger partial charge in [-0.25, -0.2) is 4.79 Å². The Morgan fingerprint density at radius 2 is 1.71 bits per heavy atom. The minimum absolute atomic E-state index is 0.0807. The molecule has 4 nitrogen and oxygen atoms in total. The Hall–Kier alpha value is -3.01. The third-order valence-electron chi connectivity index (χ3n) is 3.21. The number of ether oxygens (including phenoxy) is 1. The normalized spacial score (nSPS) is 10.5. The zero-order valence-electron chi connectivity index (χ0n) is 11.1. The molecule has 0 atom stereocenters. The van der Waals surface area contributed by atoms with E-state index in [1.54, 1.807) is 12.1 Å². The number of benzene rings is 3. The van der Waals surface area contributed by atoms with E-state index >= 15 is 0 Å². The van der Waals surface area contributed by atoms with Gasteiger partial charge in [0.05, 0.1) is 0 Å². The zero-order valence-corrected chi connectivity index (χ0v) is 11.1. The molecule has 0 aliphatic carbocycles. The molecule has 0 fully saturated rings. The van der Waals surface area contributed by atoms with E-state index < -0.39 is 5.97 Å². The van der Waals surface area contributed by atoms with Gasteiger partial charge in [-0.05, 0) is 23.6 Å². The summed E-state index contributed by atoms with van der Waals surface area (Å²) in [5, 5.41) is 11.2. The van der Waals surface area contributed by atoms with Crippen molar-refractivity contribution in [3.05, 3.63) is 66.2 Å². The molecule has 0 saturated heterocycles. The van der Waals surface area contributed by atoms with Crippen LogP contribution in [-0.4, -0.2) is 11.1 Å². The van der Waals surface area contributed by atoms with Gasteiger partial charge in [-0.1, -0.05) is 36.4 Å². The number of carbonyl (C=O) groups is 1. The van der Waals surface area contributed by atoms with Crippen molar-refractivity contribution in [3.8, 4) is 11.5 Å². The first-order valence-corrected chi connectivity index (χ1v) is 6.43. The smallest absolute Gasteiger partial charge is 0.339 e. The summed E-state index contributed by atoms with van der Waals surface area (Å²) in [6, 6.07) is 17.9. The Morgan fingerprint density at radius 3 is 2.52 bits per heavy atom. The first-order valence-electron chi connectivity index (χ1n) is 6.43. The number of rotatable bonds is 3. The molecular weight excluding hydrogens is 266 g/mol. The maximum atomic E-state index is 11.3. The number of aromatic carboxylic acids is 1. The molecule has 3 rings (SSSR count). The summed E-state index contributed by atoms with van der Waals surface area (Å²) in [6.45, 7) is 0. The minimum atomic E-state index is -1.05. The van der Waals surface area contributed by atoms with Crippen LogP contribution in [0, 0.1) is 0 Å². The Kier molecular flexibility index (Phi) is 3.20. The highest BCUT2D eigenvalue weighted by Gasteiger charge is 2.13. The number of anilines is 1. The number of hydrogen-bond acceptors (Lipinski definition) is 3. The second-order valence-electron chi connectivity index (χ2n) is 4.64. The summed E-state index contributed by atoms with van der Waals surface area (Å²) >= 11 is 0. The average Bonchev–Trinajstić information content (AvgIpc) is 2.47. The Morgan fingerprint density at radius 1 is 0.952 bits per heavy atom. The van der Waals surface area contributed by atoms with Gasteiger partial charge in [0.1, 0.15) is 17.1 Å². The van der Waals surface area contributed by atoms with Gasteiger partial charge >= 0.3 is 5.97 Å². The second-order valence-corrected chi connectivity index (χ2v) is 4.64. The first kappa shape index (κ1) is 13.0. The molecule has 0 heterocycles. The molecule has 3 aromatic carbocycles. The molecule has 0 bridgehead atoms. The predicted molar refractivity (Wildman–Crippen MR) is 81.8 cm³/mol. The fourth-order valence-electron chi connectivity index (χ4n) is 2.20. The van der Waals surface area contributed by atoms with Crippen LogP contribution in [0.4, 0.5) is 5.69 Å². The zero-order chi connectivity index (χ0) is 14.8. The van der Waals surface area contributed by atoms with Crippen LogP contribution < -0.4 is 10.5 Å². The van der Waals surface area contributed by atoms with Crippen molar-refractivity contribution in [2.75, 3.05) is 5.73 Å². The van der Waals surface area contributed by atoms with Gasteiger partial charge in [-0.15, -0.1) is 0 Å². The molecule has 104 valence electrons. The molecule has 0 aromatic heterocycles. The van der Waals surface area contributed by atoms with E-state index in [4.69, 9.17) is 10.5 Å². The molecule has 3 aromatic rings. The van der Waals surface area contributed by atoms with E-state index in [2.05, 4.69) is 0 Å². The van der Waals surface area contributed by atoms with E-state index in [-0.39, 0.29) is 11.3 Å². The molecule has 0 aliphatic heterocycles. The highest BCUT2D eigenvalue weighted by atomic mass is 16.5. The number of nitrogens with two attached hydrogens (primary N) is 1. The van der Waals surface area contributed by atoms with Crippen molar-refractivity contribution in [2.45, 2.75) is 0 Å². The van der Waals surface area contributed by atoms with Crippen LogP contribution in [0.1, 0.15) is 10.4 Å². The summed E-state index contributed by atoms with van der Waals surface area (Å²) in [7, 11) is 0. The van der Waals surface area contributed by atoms with Gasteiger partial charge in [-0.2, -0.15) is 0 Å². The van der Waals surface area contributed by atoms with Crippen molar-refractivity contribution in [1.29, 1.82) is 0 Å². The molecule has 0 saturated carbocycles. The van der Waals surface area contributed by atoms with Crippen molar-refractivity contribution in [1.82, 2.24) is 0 Å². The van der Waals surface area contributed by atoms with Crippen LogP contribution in [-0.2, 0) is 0 Å². The van der Waals surface area contributed by atoms with Crippen LogP contribution in [0.3, 0.4) is 0 Å². The minimum Gasteiger partial charge on any atom is -0.478 e. The van der Waals surface area contributed by atoms with Crippen LogP contribution in [0.25, 0.3) is 10.8 Å². The van der Waals surface area contributed by atoms with Crippen LogP contribution in [0.15, 0.2) is 60.7 Å². The van der Waals surface area contributed by atoms with Crippen LogP contribution in [0.2, 0.25) is 0 Å². The molecule has 3 N–H and O–H groups in total. The summed E-state index contributed by atoms with van der Waals surface area (Å²) < 4.78 is 5.80. The Labute approximate surface area is 121 Å². The topological polar surface area (TPSA) is 72.6 Å². The third kappa shape index (κ3) is 2.51. The lowest BCUT2D eigenvalue weighted by Gasteiger charge is -2.11. The van der Waals surface area contributed by atoms with E-state index in [9.17, 15) is 9.90 Å². The molecule has 4 heteroatoms. The SMILES string of the molecule is Nc1ccc(C(=O)O)c(Oc2cccc3ccccc23)c1. The molecule has 0 unspecified atom stereocenters. The highest BCUT2D eigenvalue weighted by Crippen LogP contribution is 2.32. The lowest BCUT2D eigenvalue weighted by atomic mass is 10.1. The summed E-state index contributed by atoms with van der Waals surface area (Å²) in [4.78, 5) is 11.3. The number of carboxylic acid groups (broad SMARTS) is 1. The van der Waals surface area contributed by atoms with Gasteiger partial charge in [0, 0.05) is 17.1 Å². The number of nitrogen functional groups attached to an aromatic ring is 1. The number of fused-ring (bicyclic) bond motifs is 1. The maximum absolute atomic E-state index is 11.3. The number of carboxylic acids is 1. The fraction of sp³-hybridized carbons (Fsp3) is 0. The van der Waals surface area contributed by atoms with Gasteiger partial charge in [0.15, 0.2) is 0 Å². The molecule has 0 radical (unpaired) electrons.